The maximum Gasteiger partial charge on any atom is 0.0620 e. The van der Waals surface area contributed by atoms with Gasteiger partial charge in [0.25, 0.3) is 0 Å². The van der Waals surface area contributed by atoms with Crippen molar-refractivity contribution >= 4 is 114 Å². The number of allylic oxidation sites excluding steroid dienone is 2. The van der Waals surface area contributed by atoms with Crippen LogP contribution in [0, 0.1) is 13.8 Å². The zero-order valence-electron chi connectivity index (χ0n) is 46.2. The van der Waals surface area contributed by atoms with Gasteiger partial charge in [-0.25, -0.2) is 0 Å². The third-order valence-corrected chi connectivity index (χ3v) is 16.7. The number of hydrogen-bond donors (Lipinski definition) is 0. The zero-order chi connectivity index (χ0) is 53.8. The first-order valence-electron chi connectivity index (χ1n) is 29.1. The Bertz CT molecular complexity index is 3750. The van der Waals surface area contributed by atoms with Crippen LogP contribution in [0.4, 0.5) is 34.1 Å². The van der Waals surface area contributed by atoms with Gasteiger partial charge in [0.1, 0.15) is 0 Å². The highest BCUT2D eigenvalue weighted by molar-refractivity contribution is 6.27. The summed E-state index contributed by atoms with van der Waals surface area (Å²) in [6.45, 7) is 4.35. The minimum absolute atomic E-state index is 1.09. The number of benzene rings is 11. The predicted octanol–water partition coefficient (Wildman–Crippen LogP) is 22.9. The number of anilines is 6. The fraction of sp³-hybridized carbons (Fsp3) is 0.154. The van der Waals surface area contributed by atoms with Gasteiger partial charge in [0.05, 0.1) is 11.4 Å². The molecule has 0 atom stereocenters. The van der Waals surface area contributed by atoms with Crippen LogP contribution in [0.5, 0.6) is 0 Å². The monoisotopic (exact) mass is 1030 g/mol. The standard InChI is InChI=1S/C78H68N2/c1-55-21-41-69(42-22-55)79(71-45-37-59(38-46-71)27-25-57-29-33-63(34-30-57)49-61-13-5-3-6-14-61)77-73-51-65-17-9-11-19-67(65)53-75(73)78(76-54-68-20-12-10-18-66(68)52-74(76)77)80(70-43-23-56(2)24-44-70)72-47-39-60(40-48-72)28-26-58-31-35-64(36-32-58)50-62-15-7-4-8-16-62/h9-12,17-54H,3-8,13-16H2,1-2H3. The van der Waals surface area contributed by atoms with E-state index in [0.717, 1.165) is 45.3 Å². The average molecular weight is 1030 g/mol. The molecular weight excluding hydrogens is 965 g/mol. The molecule has 2 aliphatic rings. The van der Waals surface area contributed by atoms with Crippen molar-refractivity contribution in [2.75, 3.05) is 9.80 Å². The van der Waals surface area contributed by atoms with Crippen molar-refractivity contribution in [1.29, 1.82) is 0 Å². The van der Waals surface area contributed by atoms with Crippen molar-refractivity contribution in [2.45, 2.75) is 78.1 Å². The van der Waals surface area contributed by atoms with Crippen LogP contribution in [0.3, 0.4) is 0 Å². The first-order valence-corrected chi connectivity index (χ1v) is 29.1. The van der Waals surface area contributed by atoms with Crippen molar-refractivity contribution in [3.05, 3.63) is 274 Å². The third-order valence-electron chi connectivity index (χ3n) is 16.7. The molecule has 2 fully saturated rings. The van der Waals surface area contributed by atoms with Crippen LogP contribution in [0.25, 0.3) is 79.5 Å². The summed E-state index contributed by atoms with van der Waals surface area (Å²) < 4.78 is 0. The summed E-state index contributed by atoms with van der Waals surface area (Å²) in [5.74, 6) is 0. The molecule has 0 spiro atoms. The molecule has 0 radical (unpaired) electrons. The van der Waals surface area contributed by atoms with E-state index in [0.29, 0.717) is 0 Å². The molecule has 11 aromatic carbocycles. The molecule has 0 saturated heterocycles. The highest BCUT2D eigenvalue weighted by Gasteiger charge is 2.27. The van der Waals surface area contributed by atoms with Crippen LogP contribution in [0.15, 0.2) is 230 Å². The highest BCUT2D eigenvalue weighted by Crippen LogP contribution is 2.53. The molecular formula is C78H68N2. The zero-order valence-corrected chi connectivity index (χ0v) is 46.2. The van der Waals surface area contributed by atoms with Crippen LogP contribution >= 0.6 is 0 Å². The van der Waals surface area contributed by atoms with E-state index in [2.05, 4.69) is 278 Å². The lowest BCUT2D eigenvalue weighted by Crippen LogP contribution is -2.15. The Labute approximate surface area is 473 Å². The molecule has 80 heavy (non-hydrogen) atoms. The number of fused-ring (bicyclic) bond motifs is 4. The molecule has 2 aliphatic carbocycles. The molecule has 0 unspecified atom stereocenters. The van der Waals surface area contributed by atoms with E-state index < -0.39 is 0 Å². The molecule has 0 N–H and O–H groups in total. The third kappa shape index (κ3) is 10.9. The molecule has 11 aromatic rings. The topological polar surface area (TPSA) is 6.48 Å². The molecule has 390 valence electrons. The van der Waals surface area contributed by atoms with Crippen molar-refractivity contribution in [3.63, 3.8) is 0 Å². The minimum Gasteiger partial charge on any atom is -0.309 e. The van der Waals surface area contributed by atoms with E-state index in [1.807, 2.05) is 0 Å². The van der Waals surface area contributed by atoms with Gasteiger partial charge in [-0.1, -0.05) is 217 Å². The van der Waals surface area contributed by atoms with Crippen molar-refractivity contribution < 1.29 is 0 Å². The van der Waals surface area contributed by atoms with Crippen molar-refractivity contribution in [2.24, 2.45) is 0 Å². The SMILES string of the molecule is Cc1ccc(N(c2ccc(C=Cc3ccc(C=C4CCCCC4)cc3)cc2)c2c3cc4ccccc4cc3c(N(c3ccc(C)cc3)c3ccc(C=Cc4ccc(C=C5CCCCC5)cc4)cc3)c3cc4ccccc4cc23)cc1. The molecule has 2 nitrogen and oxygen atoms in total. The first kappa shape index (κ1) is 50.5. The molecule has 0 aromatic heterocycles. The summed E-state index contributed by atoms with van der Waals surface area (Å²) in [6.07, 6.45) is 26.7. The summed E-state index contributed by atoms with van der Waals surface area (Å²) in [5, 5.41) is 9.48. The fourth-order valence-corrected chi connectivity index (χ4v) is 12.3. The Morgan fingerprint density at radius 2 is 0.525 bits per heavy atom. The van der Waals surface area contributed by atoms with Crippen LogP contribution in [-0.2, 0) is 0 Å². The van der Waals surface area contributed by atoms with Gasteiger partial charge < -0.3 is 9.80 Å². The van der Waals surface area contributed by atoms with E-state index in [9.17, 15) is 0 Å². The van der Waals surface area contributed by atoms with Gasteiger partial charge in [-0.05, 0) is 193 Å². The molecule has 2 saturated carbocycles. The lowest BCUT2D eigenvalue weighted by atomic mass is 9.91. The maximum atomic E-state index is 2.50. The average Bonchev–Trinajstić information content (AvgIpc) is 3.27. The summed E-state index contributed by atoms with van der Waals surface area (Å²) in [7, 11) is 0. The summed E-state index contributed by atoms with van der Waals surface area (Å²) in [5.41, 5.74) is 19.6. The fourth-order valence-electron chi connectivity index (χ4n) is 12.3. The largest absolute Gasteiger partial charge is 0.309 e. The summed E-state index contributed by atoms with van der Waals surface area (Å²) >= 11 is 0. The van der Waals surface area contributed by atoms with E-state index in [-0.39, 0.29) is 0 Å². The van der Waals surface area contributed by atoms with Crippen LogP contribution < -0.4 is 9.80 Å². The Morgan fingerprint density at radius 1 is 0.275 bits per heavy atom. The van der Waals surface area contributed by atoms with E-state index in [1.54, 1.807) is 11.1 Å². The molecule has 0 amide bonds. The van der Waals surface area contributed by atoms with Gasteiger partial charge in [0, 0.05) is 44.3 Å². The first-order chi connectivity index (χ1) is 39.4. The Hall–Kier alpha value is -8.98. The molecule has 0 aliphatic heterocycles. The molecule has 0 heterocycles. The number of aryl methyl sites for hydroxylation is 2. The van der Waals surface area contributed by atoms with Crippen LogP contribution in [0.2, 0.25) is 0 Å². The normalized spacial score (nSPS) is 14.0. The van der Waals surface area contributed by atoms with E-state index in [4.69, 9.17) is 0 Å². The van der Waals surface area contributed by atoms with Gasteiger partial charge in [0.15, 0.2) is 0 Å². The second kappa shape index (κ2) is 22.8. The lowest BCUT2D eigenvalue weighted by Gasteiger charge is -2.33. The quantitative estimate of drug-likeness (QED) is 0.0684. The number of hydrogen-bond acceptors (Lipinski definition) is 2. The minimum atomic E-state index is 1.09. The predicted molar refractivity (Wildman–Crippen MR) is 348 cm³/mol. The van der Waals surface area contributed by atoms with Gasteiger partial charge >= 0.3 is 0 Å². The number of rotatable bonds is 12. The van der Waals surface area contributed by atoms with Crippen LogP contribution in [0.1, 0.15) is 109 Å². The van der Waals surface area contributed by atoms with E-state index >= 15 is 0 Å². The van der Waals surface area contributed by atoms with Gasteiger partial charge in [-0.3, -0.25) is 0 Å². The van der Waals surface area contributed by atoms with E-state index in [1.165, 1.54) is 141 Å². The Balaban J connectivity index is 0.951. The smallest absolute Gasteiger partial charge is 0.0620 e. The summed E-state index contributed by atoms with van der Waals surface area (Å²) in [4.78, 5) is 5.01. The second-order valence-electron chi connectivity index (χ2n) is 22.4. The molecule has 2 heteroatoms. The maximum absolute atomic E-state index is 2.50. The number of nitrogens with zero attached hydrogens (tertiary/aromatic N) is 2. The Morgan fingerprint density at radius 3 is 0.812 bits per heavy atom. The van der Waals surface area contributed by atoms with Gasteiger partial charge in [-0.2, -0.15) is 0 Å². The lowest BCUT2D eigenvalue weighted by molar-refractivity contribution is 0.602. The summed E-state index contributed by atoms with van der Waals surface area (Å²) in [6, 6.07) is 81.8. The highest BCUT2D eigenvalue weighted by atomic mass is 15.2. The van der Waals surface area contributed by atoms with Gasteiger partial charge in [-0.15, -0.1) is 0 Å². The Kier molecular flexibility index (Phi) is 14.4. The van der Waals surface area contributed by atoms with Crippen molar-refractivity contribution in [3.8, 4) is 0 Å². The van der Waals surface area contributed by atoms with Crippen molar-refractivity contribution in [1.82, 2.24) is 0 Å². The molecule has 13 rings (SSSR count). The second-order valence-corrected chi connectivity index (χ2v) is 22.4. The molecule has 0 bridgehead atoms. The van der Waals surface area contributed by atoms with Gasteiger partial charge in [0.2, 0.25) is 0 Å². The van der Waals surface area contributed by atoms with Crippen LogP contribution in [-0.4, -0.2) is 0 Å².